The zero-order valence-corrected chi connectivity index (χ0v) is 19.6. The van der Waals surface area contributed by atoms with Crippen LogP contribution in [-0.4, -0.2) is 30.6 Å². The first-order chi connectivity index (χ1) is 16.6. The van der Waals surface area contributed by atoms with Gasteiger partial charge in [0.15, 0.2) is 0 Å². The van der Waals surface area contributed by atoms with Gasteiger partial charge < -0.3 is 9.64 Å². The lowest BCUT2D eigenvalue weighted by molar-refractivity contribution is -0.143. The molecule has 0 radical (unpaired) electrons. The summed E-state index contributed by atoms with van der Waals surface area (Å²) in [7, 11) is 0. The Labute approximate surface area is 202 Å². The van der Waals surface area contributed by atoms with Crippen molar-refractivity contribution in [2.45, 2.75) is 75.4 Å². The number of nitrogens with zero attached hydrogens (tertiary/aromatic N) is 1. The predicted octanol–water partition coefficient (Wildman–Crippen LogP) is 7.61. The molecule has 0 aromatic heterocycles. The van der Waals surface area contributed by atoms with E-state index in [4.69, 9.17) is 4.74 Å². The molecule has 2 fully saturated rings. The number of piperidine rings is 1. The van der Waals surface area contributed by atoms with E-state index < -0.39 is 23.5 Å². The maximum atomic E-state index is 13.2. The second-order valence-electron chi connectivity index (χ2n) is 9.90. The first-order valence-electron chi connectivity index (χ1n) is 12.2. The maximum Gasteiger partial charge on any atom is 0.416 e. The molecule has 2 aromatic rings. The molecule has 0 amide bonds. The van der Waals surface area contributed by atoms with Gasteiger partial charge in [-0.05, 0) is 74.5 Å². The zero-order valence-electron chi connectivity index (χ0n) is 19.6. The number of hydrogen-bond acceptors (Lipinski definition) is 2. The third-order valence-corrected chi connectivity index (χ3v) is 7.41. The molecule has 0 spiro atoms. The molecule has 1 aliphatic carbocycles. The molecule has 2 nitrogen and oxygen atoms in total. The fraction of sp³-hybridized carbons (Fsp3) is 0.556. The molecule has 1 heterocycles. The van der Waals surface area contributed by atoms with E-state index in [0.29, 0.717) is 6.04 Å². The van der Waals surface area contributed by atoms with Crippen LogP contribution in [0.3, 0.4) is 0 Å². The predicted molar refractivity (Wildman–Crippen MR) is 122 cm³/mol. The molecule has 1 aliphatic heterocycles. The number of ether oxygens (including phenoxy) is 1. The van der Waals surface area contributed by atoms with Crippen LogP contribution in [0.15, 0.2) is 48.5 Å². The van der Waals surface area contributed by atoms with E-state index >= 15 is 0 Å². The first kappa shape index (κ1) is 26.0. The molecular formula is C27H31F6NO. The van der Waals surface area contributed by atoms with Crippen molar-refractivity contribution in [3.63, 3.8) is 0 Å². The number of likely N-dealkylation sites (tertiary alicyclic amines) is 1. The van der Waals surface area contributed by atoms with Crippen molar-refractivity contribution in [2.75, 3.05) is 19.7 Å². The average Bonchev–Trinajstić information content (AvgIpc) is 2.84. The zero-order chi connectivity index (χ0) is 25.1. The quantitative estimate of drug-likeness (QED) is 0.380. The van der Waals surface area contributed by atoms with E-state index in [1.807, 2.05) is 30.3 Å². The van der Waals surface area contributed by atoms with Gasteiger partial charge in [-0.15, -0.1) is 0 Å². The highest BCUT2D eigenvalue weighted by Gasteiger charge is 2.41. The number of alkyl halides is 6. The van der Waals surface area contributed by atoms with Crippen LogP contribution in [0.4, 0.5) is 26.3 Å². The van der Waals surface area contributed by atoms with Gasteiger partial charge >= 0.3 is 12.4 Å². The van der Waals surface area contributed by atoms with Crippen molar-refractivity contribution in [1.29, 1.82) is 0 Å². The van der Waals surface area contributed by atoms with Crippen molar-refractivity contribution in [3.05, 3.63) is 70.8 Å². The molecule has 192 valence electrons. The summed E-state index contributed by atoms with van der Waals surface area (Å²) in [4.78, 5) is 2.54. The van der Waals surface area contributed by atoms with Crippen molar-refractivity contribution < 1.29 is 31.1 Å². The summed E-state index contributed by atoms with van der Waals surface area (Å²) >= 11 is 0. The Morgan fingerprint density at radius 1 is 0.829 bits per heavy atom. The highest BCUT2D eigenvalue weighted by molar-refractivity contribution is 5.33. The molecule has 8 heteroatoms. The van der Waals surface area contributed by atoms with Crippen LogP contribution in [-0.2, 0) is 29.1 Å². The van der Waals surface area contributed by atoms with E-state index in [1.165, 1.54) is 19.3 Å². The summed E-state index contributed by atoms with van der Waals surface area (Å²) in [5, 5.41) is 0. The molecule has 0 bridgehead atoms. The van der Waals surface area contributed by atoms with Gasteiger partial charge in [0.05, 0.1) is 24.3 Å². The lowest BCUT2D eigenvalue weighted by atomic mass is 9.68. The fourth-order valence-electron chi connectivity index (χ4n) is 5.66. The van der Waals surface area contributed by atoms with E-state index in [1.54, 1.807) is 0 Å². The third kappa shape index (κ3) is 6.39. The van der Waals surface area contributed by atoms with Gasteiger partial charge in [0.2, 0.25) is 0 Å². The Hall–Kier alpha value is -2.06. The summed E-state index contributed by atoms with van der Waals surface area (Å²) in [6.07, 6.45) is -2.29. The lowest BCUT2D eigenvalue weighted by Crippen LogP contribution is -2.48. The van der Waals surface area contributed by atoms with Crippen molar-refractivity contribution in [2.24, 2.45) is 0 Å². The molecule has 0 N–H and O–H groups in total. The van der Waals surface area contributed by atoms with E-state index in [-0.39, 0.29) is 30.3 Å². The van der Waals surface area contributed by atoms with Gasteiger partial charge in [-0.25, -0.2) is 0 Å². The normalized spacial score (nSPS) is 24.5. The van der Waals surface area contributed by atoms with E-state index in [2.05, 4.69) is 4.90 Å². The Morgan fingerprint density at radius 3 is 2.06 bits per heavy atom. The van der Waals surface area contributed by atoms with Gasteiger partial charge in [0, 0.05) is 11.5 Å². The highest BCUT2D eigenvalue weighted by atomic mass is 19.4. The molecular weight excluding hydrogens is 468 g/mol. The van der Waals surface area contributed by atoms with Gasteiger partial charge in [-0.3, -0.25) is 0 Å². The monoisotopic (exact) mass is 499 g/mol. The summed E-state index contributed by atoms with van der Waals surface area (Å²) in [5.74, 6) is 0. The number of halogens is 6. The summed E-state index contributed by atoms with van der Waals surface area (Å²) in [6.45, 7) is 2.08. The summed E-state index contributed by atoms with van der Waals surface area (Å²) in [5.41, 5.74) is -1.96. The Bertz CT molecular complexity index is 936. The third-order valence-electron chi connectivity index (χ3n) is 7.41. The first-order valence-corrected chi connectivity index (χ1v) is 12.2. The smallest absolute Gasteiger partial charge is 0.376 e. The topological polar surface area (TPSA) is 12.5 Å². The van der Waals surface area contributed by atoms with Crippen LogP contribution < -0.4 is 0 Å². The summed E-state index contributed by atoms with van der Waals surface area (Å²) < 4.78 is 85.4. The number of benzene rings is 2. The molecule has 2 unspecified atom stereocenters. The Kier molecular flexibility index (Phi) is 7.81. The van der Waals surface area contributed by atoms with Crippen molar-refractivity contribution in [1.82, 2.24) is 4.90 Å². The minimum atomic E-state index is -4.87. The van der Waals surface area contributed by atoms with Crippen molar-refractivity contribution in [3.8, 4) is 0 Å². The van der Waals surface area contributed by atoms with Gasteiger partial charge in [0.1, 0.15) is 0 Å². The lowest BCUT2D eigenvalue weighted by Gasteiger charge is -2.46. The minimum Gasteiger partial charge on any atom is -0.376 e. The highest BCUT2D eigenvalue weighted by Crippen LogP contribution is 2.42. The van der Waals surface area contributed by atoms with Gasteiger partial charge in [0.25, 0.3) is 0 Å². The average molecular weight is 500 g/mol. The van der Waals surface area contributed by atoms with Crippen LogP contribution in [0.2, 0.25) is 0 Å². The van der Waals surface area contributed by atoms with Crippen LogP contribution >= 0.6 is 0 Å². The van der Waals surface area contributed by atoms with Crippen LogP contribution in [0, 0.1) is 0 Å². The minimum absolute atomic E-state index is 0.126. The molecule has 2 aromatic carbocycles. The van der Waals surface area contributed by atoms with E-state index in [9.17, 15) is 26.3 Å². The maximum absolute atomic E-state index is 13.2. The molecule has 35 heavy (non-hydrogen) atoms. The second kappa shape index (κ2) is 10.5. The fourth-order valence-corrected chi connectivity index (χ4v) is 5.66. The van der Waals surface area contributed by atoms with Gasteiger partial charge in [-0.2, -0.15) is 26.3 Å². The van der Waals surface area contributed by atoms with Crippen LogP contribution in [0.25, 0.3) is 0 Å². The Morgan fingerprint density at radius 2 is 1.46 bits per heavy atom. The molecule has 2 aliphatic rings. The van der Waals surface area contributed by atoms with Crippen molar-refractivity contribution >= 4 is 0 Å². The standard InChI is InChI=1S/C27H31F6NO/c28-26(29,30)22-14-20(15-23(16-22)27(31,32)33)18-35-19-25(21-8-3-1-4-9-21)11-7-10-24(17-25)34-12-5-2-6-13-34/h1,3-4,8-9,14-16,24H,2,5-7,10-13,17-19H2. The van der Waals surface area contributed by atoms with E-state index in [0.717, 1.165) is 56.5 Å². The van der Waals surface area contributed by atoms with Gasteiger partial charge in [-0.1, -0.05) is 43.2 Å². The molecule has 4 rings (SSSR count). The molecule has 1 saturated carbocycles. The summed E-state index contributed by atoms with van der Waals surface area (Å²) in [6, 6.07) is 12.0. The largest absolute Gasteiger partial charge is 0.416 e. The van der Waals surface area contributed by atoms with Crippen LogP contribution in [0.1, 0.15) is 67.2 Å². The van der Waals surface area contributed by atoms with Crippen LogP contribution in [0.5, 0.6) is 0 Å². The SMILES string of the molecule is FC(F)(F)c1cc(COCC2(c3ccccc3)CCCC(N3CCCCC3)C2)cc(C(F)(F)F)c1. The Balaban J connectivity index is 1.54. The number of hydrogen-bond donors (Lipinski definition) is 0. The number of rotatable bonds is 6. The molecule has 2 atom stereocenters. The second-order valence-corrected chi connectivity index (χ2v) is 9.90. The molecule has 1 saturated heterocycles.